The molecule has 1 saturated heterocycles. The molecule has 4 rings (SSSR count). The maximum absolute atomic E-state index is 13.2. The van der Waals surface area contributed by atoms with E-state index in [1.54, 1.807) is 38.3 Å². The monoisotopic (exact) mass is 593 g/mol. The molecule has 0 aliphatic carbocycles. The van der Waals surface area contributed by atoms with Gasteiger partial charge in [-0.25, -0.2) is 9.78 Å². The van der Waals surface area contributed by atoms with Crippen molar-refractivity contribution in [3.05, 3.63) is 39.5 Å². The number of anilines is 1. The van der Waals surface area contributed by atoms with Gasteiger partial charge in [-0.2, -0.15) is 0 Å². The molecule has 2 aliphatic heterocycles. The van der Waals surface area contributed by atoms with Crippen LogP contribution in [-0.2, 0) is 28.7 Å². The molecular formula is C22H23N7O7S3. The molecule has 4 N–H and O–H groups in total. The molecule has 2 amide bonds. The van der Waals surface area contributed by atoms with Gasteiger partial charge in [0.15, 0.2) is 10.8 Å². The molecule has 206 valence electrons. The smallest absolute Gasteiger partial charge is 0.358 e. The molecule has 39 heavy (non-hydrogen) atoms. The van der Waals surface area contributed by atoms with Crippen molar-refractivity contribution in [2.45, 2.75) is 32.2 Å². The molecule has 0 radical (unpaired) electrons. The normalized spacial score (nSPS) is 19.5. The van der Waals surface area contributed by atoms with Crippen molar-refractivity contribution in [2.75, 3.05) is 18.3 Å². The van der Waals surface area contributed by atoms with E-state index >= 15 is 0 Å². The minimum Gasteiger partial charge on any atom is -0.427 e. The van der Waals surface area contributed by atoms with E-state index < -0.39 is 53.1 Å². The van der Waals surface area contributed by atoms with Gasteiger partial charge in [-0.1, -0.05) is 15.7 Å². The van der Waals surface area contributed by atoms with Gasteiger partial charge in [0, 0.05) is 16.5 Å². The predicted molar refractivity (Wildman–Crippen MR) is 142 cm³/mol. The number of aromatic nitrogens is 3. The van der Waals surface area contributed by atoms with E-state index in [0.717, 1.165) is 22.9 Å². The first kappa shape index (κ1) is 28.2. The van der Waals surface area contributed by atoms with Gasteiger partial charge in [0.1, 0.15) is 22.8 Å². The summed E-state index contributed by atoms with van der Waals surface area (Å²) in [4.78, 5) is 56.2. The van der Waals surface area contributed by atoms with Gasteiger partial charge in [-0.3, -0.25) is 19.3 Å². The molecule has 2 unspecified atom stereocenters. The highest BCUT2D eigenvalue weighted by atomic mass is 32.2. The summed E-state index contributed by atoms with van der Waals surface area (Å²) in [6.45, 7) is 4.32. The van der Waals surface area contributed by atoms with E-state index in [9.17, 15) is 24.4 Å². The zero-order valence-corrected chi connectivity index (χ0v) is 23.3. The number of β-lactam (4-membered cyclic amide) rings is 1. The van der Waals surface area contributed by atoms with Crippen molar-refractivity contribution in [1.29, 1.82) is 0 Å². The van der Waals surface area contributed by atoms with Crippen molar-refractivity contribution in [3.8, 4) is 0 Å². The molecule has 0 bridgehead atoms. The number of nitrogens with zero attached hydrogens (tertiary/aromatic N) is 5. The number of nitrogens with one attached hydrogen (secondary N) is 1. The summed E-state index contributed by atoms with van der Waals surface area (Å²) in [5.74, 6) is -2.60. The fourth-order valence-electron chi connectivity index (χ4n) is 3.43. The first-order valence-electron chi connectivity index (χ1n) is 11.2. The summed E-state index contributed by atoms with van der Waals surface area (Å²) in [5, 5.41) is 21.5. The third kappa shape index (κ3) is 6.10. The van der Waals surface area contributed by atoms with Gasteiger partial charge in [-0.05, 0) is 44.0 Å². The molecule has 0 aromatic carbocycles. The number of nitrogens with two attached hydrogens (primary N) is 1. The average Bonchev–Trinajstić information content (AvgIpc) is 3.57. The van der Waals surface area contributed by atoms with Crippen LogP contribution in [-0.4, -0.2) is 78.1 Å². The summed E-state index contributed by atoms with van der Waals surface area (Å²) >= 11 is 3.51. The zero-order chi connectivity index (χ0) is 28.3. The standard InChI is InChI=1S/C22H23N7O7S3/c1-22(2,3)20(33)36-9-35-19(32)15-10(4-5-11-7-39-28-26-11)6-37-18-14(17(31)29(15)18)25-16(30)13(27-34)12-8-38-21(23)24-12/h4-5,7-8,14,18,34H,6,9H2,1-3H3,(H2,23,24)(H,25,30)/b5-4+,27-13-. The van der Waals surface area contributed by atoms with Gasteiger partial charge in [-0.15, -0.1) is 28.2 Å². The highest BCUT2D eigenvalue weighted by Crippen LogP contribution is 2.41. The van der Waals surface area contributed by atoms with Crippen LogP contribution < -0.4 is 11.1 Å². The molecule has 1 fully saturated rings. The Morgan fingerprint density at radius 1 is 1.28 bits per heavy atom. The predicted octanol–water partition coefficient (Wildman–Crippen LogP) is 1.21. The molecule has 14 nitrogen and oxygen atoms in total. The minimum absolute atomic E-state index is 0.0512. The molecule has 2 aliphatic rings. The Morgan fingerprint density at radius 2 is 2.05 bits per heavy atom. The van der Waals surface area contributed by atoms with Crippen molar-refractivity contribution in [2.24, 2.45) is 10.6 Å². The number of rotatable bonds is 8. The number of allylic oxidation sites excluding steroid dienone is 1. The Morgan fingerprint density at radius 3 is 2.67 bits per heavy atom. The van der Waals surface area contributed by atoms with E-state index in [0.29, 0.717) is 11.3 Å². The number of esters is 2. The Labute approximate surface area is 234 Å². The van der Waals surface area contributed by atoms with Crippen LogP contribution >= 0.6 is 34.6 Å². The van der Waals surface area contributed by atoms with E-state index in [-0.39, 0.29) is 22.3 Å². The van der Waals surface area contributed by atoms with Crippen LogP contribution in [0.15, 0.2) is 33.3 Å². The average molecular weight is 594 g/mol. The molecular weight excluding hydrogens is 570 g/mol. The van der Waals surface area contributed by atoms with Crippen molar-refractivity contribution in [1.82, 2.24) is 24.8 Å². The number of fused-ring (bicyclic) bond motifs is 1. The van der Waals surface area contributed by atoms with Gasteiger partial charge in [0.05, 0.1) is 11.1 Å². The number of carbonyl (C=O) groups excluding carboxylic acids is 4. The summed E-state index contributed by atoms with van der Waals surface area (Å²) in [5.41, 5.74) is 5.40. The maximum Gasteiger partial charge on any atom is 0.358 e. The third-order valence-electron chi connectivity index (χ3n) is 5.38. The number of thiazole rings is 1. The van der Waals surface area contributed by atoms with Crippen LogP contribution in [0.1, 0.15) is 32.2 Å². The third-order valence-corrected chi connectivity index (χ3v) is 7.88. The van der Waals surface area contributed by atoms with Crippen LogP contribution in [0.3, 0.4) is 0 Å². The van der Waals surface area contributed by atoms with Gasteiger partial charge in [0.25, 0.3) is 11.8 Å². The lowest BCUT2D eigenvalue weighted by Crippen LogP contribution is -2.71. The second kappa shape index (κ2) is 11.5. The molecule has 2 aromatic heterocycles. The lowest BCUT2D eigenvalue weighted by Gasteiger charge is -2.49. The number of nitrogen functional groups attached to an aromatic ring is 1. The number of oxime groups is 1. The van der Waals surface area contributed by atoms with Gasteiger partial charge < -0.3 is 25.7 Å². The summed E-state index contributed by atoms with van der Waals surface area (Å²) < 4.78 is 14.0. The minimum atomic E-state index is -1.02. The second-order valence-corrected chi connectivity index (χ2v) is 11.8. The lowest BCUT2D eigenvalue weighted by atomic mass is 9.98. The topological polar surface area (TPSA) is 199 Å². The van der Waals surface area contributed by atoms with E-state index in [4.69, 9.17) is 15.2 Å². The molecule has 2 atom stereocenters. The summed E-state index contributed by atoms with van der Waals surface area (Å²) in [6.07, 6.45) is 3.26. The Balaban J connectivity index is 1.52. The van der Waals surface area contributed by atoms with Crippen LogP contribution in [0.4, 0.5) is 5.13 Å². The van der Waals surface area contributed by atoms with E-state index in [1.807, 2.05) is 0 Å². The number of ether oxygens (including phenoxy) is 2. The molecule has 0 spiro atoms. The first-order valence-corrected chi connectivity index (χ1v) is 14.0. The molecule has 4 heterocycles. The Bertz CT molecular complexity index is 1380. The number of thioether (sulfide) groups is 1. The van der Waals surface area contributed by atoms with Crippen LogP contribution in [0.2, 0.25) is 0 Å². The van der Waals surface area contributed by atoms with Crippen molar-refractivity contribution >= 4 is 75.3 Å². The summed E-state index contributed by atoms with van der Waals surface area (Å²) in [7, 11) is 0. The second-order valence-electron chi connectivity index (χ2n) is 9.15. The van der Waals surface area contributed by atoms with Crippen LogP contribution in [0.5, 0.6) is 0 Å². The fraction of sp³-hybridized carbons (Fsp3) is 0.364. The largest absolute Gasteiger partial charge is 0.427 e. The summed E-state index contributed by atoms with van der Waals surface area (Å²) in [6, 6.07) is -1.02. The van der Waals surface area contributed by atoms with Gasteiger partial charge in [0.2, 0.25) is 6.79 Å². The number of hydrogen-bond acceptors (Lipinski definition) is 15. The number of hydrogen-bond donors (Lipinski definition) is 3. The highest BCUT2D eigenvalue weighted by molar-refractivity contribution is 8.00. The van der Waals surface area contributed by atoms with Crippen molar-refractivity contribution < 1.29 is 33.9 Å². The Hall–Kier alpha value is -3.83. The first-order chi connectivity index (χ1) is 18.5. The quantitative estimate of drug-likeness (QED) is 0.0988. The maximum atomic E-state index is 13.2. The Kier molecular flexibility index (Phi) is 8.31. The zero-order valence-electron chi connectivity index (χ0n) is 20.8. The van der Waals surface area contributed by atoms with Gasteiger partial charge >= 0.3 is 11.9 Å². The lowest BCUT2D eigenvalue weighted by molar-refractivity contribution is -0.173. The van der Waals surface area contributed by atoms with Crippen LogP contribution in [0, 0.1) is 5.41 Å². The van der Waals surface area contributed by atoms with Crippen LogP contribution in [0.25, 0.3) is 6.08 Å². The fourth-order valence-corrected chi connectivity index (χ4v) is 5.72. The molecule has 0 saturated carbocycles. The molecule has 2 aromatic rings. The molecule has 17 heteroatoms. The number of carbonyl (C=O) groups is 4. The SMILES string of the molecule is CC(C)(C)C(=O)OCOC(=O)C1=C(/C=C/c2csnn2)CSC2C(NC(=O)/C(=N\O)c3csc(N)n3)C(=O)N12. The van der Waals surface area contributed by atoms with E-state index in [1.165, 1.54) is 22.0 Å². The number of amides is 2. The highest BCUT2D eigenvalue weighted by Gasteiger charge is 2.54. The van der Waals surface area contributed by atoms with E-state index in [2.05, 4.69) is 25.0 Å². The van der Waals surface area contributed by atoms with Crippen molar-refractivity contribution in [3.63, 3.8) is 0 Å².